The second-order valence-corrected chi connectivity index (χ2v) is 5.82. The van der Waals surface area contributed by atoms with Crippen LogP contribution in [0.1, 0.15) is 24.8 Å². The molecule has 1 aliphatic rings. The molecule has 21 heavy (non-hydrogen) atoms. The normalized spacial score (nSPS) is 20.0. The van der Waals surface area contributed by atoms with Crippen molar-refractivity contribution in [2.75, 3.05) is 12.3 Å². The van der Waals surface area contributed by atoms with E-state index in [1.54, 1.807) is 0 Å². The number of carboxylic acid groups (broad SMARTS) is 1. The second-order valence-electron chi connectivity index (χ2n) is 5.45. The maximum atomic E-state index is 12.7. The van der Waals surface area contributed by atoms with Crippen molar-refractivity contribution < 1.29 is 14.7 Å². The van der Waals surface area contributed by atoms with Crippen molar-refractivity contribution in [2.24, 2.45) is 5.92 Å². The topological polar surface area (TPSA) is 57.6 Å². The highest BCUT2D eigenvalue weighted by atomic mass is 32.1. The van der Waals surface area contributed by atoms with E-state index in [-0.39, 0.29) is 11.8 Å². The van der Waals surface area contributed by atoms with Crippen LogP contribution in [-0.2, 0) is 16.0 Å². The van der Waals surface area contributed by atoms with E-state index >= 15 is 0 Å². The van der Waals surface area contributed by atoms with Gasteiger partial charge in [-0.05, 0) is 31.2 Å². The lowest BCUT2D eigenvalue weighted by Gasteiger charge is -2.35. The Morgan fingerprint density at radius 2 is 2.00 bits per heavy atom. The highest BCUT2D eigenvalue weighted by molar-refractivity contribution is 7.80. The van der Waals surface area contributed by atoms with Gasteiger partial charge in [-0.2, -0.15) is 12.6 Å². The molecule has 0 aliphatic carbocycles. The number of piperidine rings is 1. The minimum Gasteiger partial charge on any atom is -0.480 e. The van der Waals surface area contributed by atoms with Gasteiger partial charge in [0, 0.05) is 12.3 Å². The number of likely N-dealkylation sites (tertiary alicyclic amines) is 1. The zero-order valence-electron chi connectivity index (χ0n) is 11.9. The van der Waals surface area contributed by atoms with Crippen LogP contribution in [0.5, 0.6) is 0 Å². The first-order valence-corrected chi connectivity index (χ1v) is 7.94. The Morgan fingerprint density at radius 1 is 1.29 bits per heavy atom. The molecule has 0 aromatic heterocycles. The molecule has 114 valence electrons. The number of benzene rings is 1. The molecule has 1 N–H and O–H groups in total. The largest absolute Gasteiger partial charge is 0.480 e. The molecule has 0 radical (unpaired) electrons. The van der Waals surface area contributed by atoms with E-state index in [0.29, 0.717) is 25.1 Å². The predicted octanol–water partition coefficient (Wildman–Crippen LogP) is 2.24. The Hall–Kier alpha value is -1.49. The molecule has 1 unspecified atom stereocenters. The van der Waals surface area contributed by atoms with E-state index in [1.807, 2.05) is 30.3 Å². The zero-order chi connectivity index (χ0) is 15.2. The molecule has 1 fully saturated rings. The van der Waals surface area contributed by atoms with Gasteiger partial charge in [0.1, 0.15) is 6.04 Å². The van der Waals surface area contributed by atoms with E-state index in [9.17, 15) is 14.7 Å². The van der Waals surface area contributed by atoms with Crippen molar-refractivity contribution in [3.63, 3.8) is 0 Å². The monoisotopic (exact) mass is 307 g/mol. The third-order valence-corrected chi connectivity index (χ3v) is 4.41. The van der Waals surface area contributed by atoms with Crippen LogP contribution >= 0.6 is 12.6 Å². The second kappa shape index (κ2) is 7.50. The fourth-order valence-corrected chi connectivity index (χ4v) is 3.10. The van der Waals surface area contributed by atoms with Crippen molar-refractivity contribution in [1.82, 2.24) is 4.90 Å². The molecule has 4 nitrogen and oxygen atoms in total. The molecule has 2 atom stereocenters. The lowest BCUT2D eigenvalue weighted by atomic mass is 9.95. The Balaban J connectivity index is 2.09. The number of carbonyl (C=O) groups excluding carboxylic acids is 1. The van der Waals surface area contributed by atoms with E-state index in [2.05, 4.69) is 12.6 Å². The van der Waals surface area contributed by atoms with Gasteiger partial charge >= 0.3 is 5.97 Å². The fraction of sp³-hybridized carbons (Fsp3) is 0.500. The molecule has 1 amide bonds. The van der Waals surface area contributed by atoms with E-state index < -0.39 is 12.0 Å². The van der Waals surface area contributed by atoms with Crippen LogP contribution in [-0.4, -0.2) is 40.2 Å². The van der Waals surface area contributed by atoms with Gasteiger partial charge in [-0.3, -0.25) is 4.79 Å². The summed E-state index contributed by atoms with van der Waals surface area (Å²) in [5.41, 5.74) is 1.08. The van der Waals surface area contributed by atoms with Crippen molar-refractivity contribution in [3.8, 4) is 0 Å². The van der Waals surface area contributed by atoms with Crippen LogP contribution in [0.4, 0.5) is 0 Å². The zero-order valence-corrected chi connectivity index (χ0v) is 12.8. The molecule has 1 saturated heterocycles. The summed E-state index contributed by atoms with van der Waals surface area (Å²) in [6.07, 6.45) is 2.89. The molecule has 1 aromatic rings. The van der Waals surface area contributed by atoms with E-state index in [0.717, 1.165) is 18.4 Å². The molecule has 1 heterocycles. The first-order chi connectivity index (χ1) is 10.1. The summed E-state index contributed by atoms with van der Waals surface area (Å²) in [6.45, 7) is 0.537. The van der Waals surface area contributed by atoms with Gasteiger partial charge in [0.2, 0.25) is 5.91 Å². The molecule has 1 aliphatic heterocycles. The summed E-state index contributed by atoms with van der Waals surface area (Å²) in [6, 6.07) is 9.10. The van der Waals surface area contributed by atoms with Crippen LogP contribution in [0, 0.1) is 5.92 Å². The van der Waals surface area contributed by atoms with Gasteiger partial charge in [0.05, 0.1) is 5.92 Å². The molecule has 0 spiro atoms. The third-order valence-electron chi connectivity index (χ3n) is 3.97. The number of rotatable bonds is 5. The first kappa shape index (κ1) is 15.9. The molecular formula is C16H21NO3S. The summed E-state index contributed by atoms with van der Waals surface area (Å²) in [4.78, 5) is 25.5. The average molecular weight is 307 g/mol. The highest BCUT2D eigenvalue weighted by Gasteiger charge is 2.34. The third kappa shape index (κ3) is 4.00. The van der Waals surface area contributed by atoms with Gasteiger partial charge in [-0.25, -0.2) is 4.79 Å². The smallest absolute Gasteiger partial charge is 0.326 e. The average Bonchev–Trinajstić information content (AvgIpc) is 2.53. The van der Waals surface area contributed by atoms with Gasteiger partial charge in [-0.1, -0.05) is 30.3 Å². The number of hydrogen-bond donors (Lipinski definition) is 2. The Bertz CT molecular complexity index is 492. The molecule has 1 aromatic carbocycles. The number of carboxylic acids is 1. The first-order valence-electron chi connectivity index (χ1n) is 7.31. The summed E-state index contributed by atoms with van der Waals surface area (Å²) >= 11 is 4.29. The number of carbonyl (C=O) groups is 2. The number of amides is 1. The lowest BCUT2D eigenvalue weighted by molar-refractivity contribution is -0.153. The fourth-order valence-electron chi connectivity index (χ4n) is 2.82. The quantitative estimate of drug-likeness (QED) is 0.820. The maximum absolute atomic E-state index is 12.7. The summed E-state index contributed by atoms with van der Waals surface area (Å²) < 4.78 is 0. The molecule has 0 saturated carbocycles. The Labute approximate surface area is 130 Å². The maximum Gasteiger partial charge on any atom is 0.326 e. The predicted molar refractivity (Wildman–Crippen MR) is 84.5 cm³/mol. The standard InChI is InChI=1S/C16H21NO3S/c18-15(17-9-5-4-8-14(17)16(19)20)13(11-21)10-12-6-2-1-3-7-12/h1-3,6-7,13-14,21H,4-5,8-11H2,(H,19,20)/t13?,14-/m1/s1. The van der Waals surface area contributed by atoms with Gasteiger partial charge < -0.3 is 10.0 Å². The minimum atomic E-state index is -0.902. The highest BCUT2D eigenvalue weighted by Crippen LogP contribution is 2.22. The summed E-state index contributed by atoms with van der Waals surface area (Å²) in [7, 11) is 0. The van der Waals surface area contributed by atoms with Crippen LogP contribution in [0.2, 0.25) is 0 Å². The number of hydrogen-bond acceptors (Lipinski definition) is 3. The molecule has 2 rings (SSSR count). The Morgan fingerprint density at radius 3 is 2.62 bits per heavy atom. The van der Waals surface area contributed by atoms with E-state index in [4.69, 9.17) is 0 Å². The molecule has 0 bridgehead atoms. The number of nitrogens with zero attached hydrogens (tertiary/aromatic N) is 1. The van der Waals surface area contributed by atoms with Crippen LogP contribution in [0.3, 0.4) is 0 Å². The number of thiol groups is 1. The van der Waals surface area contributed by atoms with E-state index in [1.165, 1.54) is 4.90 Å². The minimum absolute atomic E-state index is 0.0825. The van der Waals surface area contributed by atoms with Gasteiger partial charge in [-0.15, -0.1) is 0 Å². The van der Waals surface area contributed by atoms with Crippen LogP contribution in [0.15, 0.2) is 30.3 Å². The van der Waals surface area contributed by atoms with Gasteiger partial charge in [0.25, 0.3) is 0 Å². The summed E-state index contributed by atoms with van der Waals surface area (Å²) in [5, 5.41) is 9.29. The van der Waals surface area contributed by atoms with Crippen molar-refractivity contribution in [1.29, 1.82) is 0 Å². The van der Waals surface area contributed by atoms with Crippen molar-refractivity contribution in [3.05, 3.63) is 35.9 Å². The lowest BCUT2D eigenvalue weighted by Crippen LogP contribution is -2.50. The van der Waals surface area contributed by atoms with Crippen LogP contribution < -0.4 is 0 Å². The van der Waals surface area contributed by atoms with Crippen molar-refractivity contribution >= 4 is 24.5 Å². The van der Waals surface area contributed by atoms with Crippen molar-refractivity contribution in [2.45, 2.75) is 31.7 Å². The van der Waals surface area contributed by atoms with Crippen LogP contribution in [0.25, 0.3) is 0 Å². The SMILES string of the molecule is O=C(O)[C@H]1CCCCN1C(=O)C(CS)Cc1ccccc1. The molecular weight excluding hydrogens is 286 g/mol. The molecule has 5 heteroatoms. The Kier molecular flexibility index (Phi) is 5.67. The van der Waals surface area contributed by atoms with Gasteiger partial charge in [0.15, 0.2) is 0 Å². The number of aliphatic carboxylic acids is 1. The summed E-state index contributed by atoms with van der Waals surface area (Å²) in [5.74, 6) is -0.825.